The highest BCUT2D eigenvalue weighted by molar-refractivity contribution is 7.80. The molecule has 0 amide bonds. The molecule has 110 valence electrons. The summed E-state index contributed by atoms with van der Waals surface area (Å²) < 4.78 is 0. The molecule has 20 heavy (non-hydrogen) atoms. The van der Waals surface area contributed by atoms with Crippen molar-refractivity contribution in [3.05, 3.63) is 22.9 Å². The van der Waals surface area contributed by atoms with E-state index in [4.69, 9.17) is 22.9 Å². The van der Waals surface area contributed by atoms with Crippen molar-refractivity contribution < 1.29 is 0 Å². The van der Waals surface area contributed by atoms with Crippen LogP contribution < -0.4 is 11.1 Å². The maximum atomic E-state index is 5.87. The third-order valence-electron chi connectivity index (χ3n) is 4.28. The van der Waals surface area contributed by atoms with Crippen molar-refractivity contribution >= 4 is 23.0 Å². The number of nitrogens with one attached hydrogen (secondary N) is 1. The summed E-state index contributed by atoms with van der Waals surface area (Å²) in [5, 5.41) is 3.47. The number of anilines is 1. The van der Waals surface area contributed by atoms with Crippen LogP contribution in [0.15, 0.2) is 6.07 Å². The number of fused-ring (bicyclic) bond motifs is 1. The molecule has 0 aromatic carbocycles. The predicted octanol–water partition coefficient (Wildman–Crippen LogP) is 3.44. The number of pyridine rings is 1. The summed E-state index contributed by atoms with van der Waals surface area (Å²) in [7, 11) is 0. The van der Waals surface area contributed by atoms with Crippen LogP contribution >= 0.6 is 12.2 Å². The zero-order valence-electron chi connectivity index (χ0n) is 12.5. The first-order chi connectivity index (χ1) is 9.65. The molecule has 0 atom stereocenters. The maximum Gasteiger partial charge on any atom is 0.136 e. The Morgan fingerprint density at radius 2 is 2.05 bits per heavy atom. The molecular weight excluding hydrogens is 266 g/mol. The first-order valence-corrected chi connectivity index (χ1v) is 8.13. The van der Waals surface area contributed by atoms with Crippen LogP contribution in [0.3, 0.4) is 0 Å². The van der Waals surface area contributed by atoms with Crippen LogP contribution in [0.4, 0.5) is 5.82 Å². The lowest BCUT2D eigenvalue weighted by Crippen LogP contribution is -2.20. The van der Waals surface area contributed by atoms with E-state index < -0.39 is 0 Å². The summed E-state index contributed by atoms with van der Waals surface area (Å²) >= 11 is 5.19. The van der Waals surface area contributed by atoms with Crippen LogP contribution in [0.25, 0.3) is 0 Å². The van der Waals surface area contributed by atoms with Crippen LogP contribution in [0, 0.1) is 5.92 Å². The fourth-order valence-electron chi connectivity index (χ4n) is 2.77. The summed E-state index contributed by atoms with van der Waals surface area (Å²) in [4.78, 5) is 5.24. The van der Waals surface area contributed by atoms with Crippen LogP contribution in [-0.4, -0.2) is 16.5 Å². The molecule has 3 N–H and O–H groups in total. The standard InChI is InChI=1S/C16H25N3S/c1-3-11(4-2)10-18-16-13(15(17)20)9-12-7-5-6-8-14(12)19-16/h9,11H,3-8,10H2,1-2H3,(H2,17,20)(H,18,19). The molecular formula is C16H25N3S. The van der Waals surface area contributed by atoms with E-state index in [2.05, 4.69) is 25.2 Å². The van der Waals surface area contributed by atoms with Gasteiger partial charge in [0.15, 0.2) is 0 Å². The SMILES string of the molecule is CCC(CC)CNc1nc2c(cc1C(N)=S)CCCC2. The Kier molecular flexibility index (Phi) is 5.35. The second-order valence-electron chi connectivity index (χ2n) is 5.63. The van der Waals surface area contributed by atoms with Gasteiger partial charge in [-0.05, 0) is 43.2 Å². The number of aromatic nitrogens is 1. The minimum absolute atomic E-state index is 0.443. The van der Waals surface area contributed by atoms with Crippen LogP contribution in [0.1, 0.15) is 56.4 Å². The zero-order valence-corrected chi connectivity index (χ0v) is 13.4. The number of hydrogen-bond acceptors (Lipinski definition) is 3. The van der Waals surface area contributed by atoms with Gasteiger partial charge in [0.05, 0.1) is 5.56 Å². The average molecular weight is 291 g/mol. The molecule has 0 saturated carbocycles. The van der Waals surface area contributed by atoms with Crippen molar-refractivity contribution in [3.8, 4) is 0 Å². The minimum Gasteiger partial charge on any atom is -0.389 e. The second kappa shape index (κ2) is 7.02. The average Bonchev–Trinajstić information content (AvgIpc) is 2.47. The highest BCUT2D eigenvalue weighted by Gasteiger charge is 2.16. The summed E-state index contributed by atoms with van der Waals surface area (Å²) in [6, 6.07) is 2.15. The second-order valence-corrected chi connectivity index (χ2v) is 6.06. The Labute approximate surface area is 127 Å². The maximum absolute atomic E-state index is 5.87. The smallest absolute Gasteiger partial charge is 0.136 e. The van der Waals surface area contributed by atoms with Crippen LogP contribution in [0.5, 0.6) is 0 Å². The predicted molar refractivity (Wildman–Crippen MR) is 89.3 cm³/mol. The van der Waals surface area contributed by atoms with E-state index in [0.717, 1.165) is 30.8 Å². The number of nitrogens with two attached hydrogens (primary N) is 1. The third kappa shape index (κ3) is 3.48. The Morgan fingerprint density at radius 3 is 2.70 bits per heavy atom. The van der Waals surface area contributed by atoms with Crippen LogP contribution in [0.2, 0.25) is 0 Å². The molecule has 0 spiro atoms. The Hall–Kier alpha value is -1.16. The summed E-state index contributed by atoms with van der Waals surface area (Å²) in [5.41, 5.74) is 9.33. The zero-order chi connectivity index (χ0) is 14.5. The lowest BCUT2D eigenvalue weighted by molar-refractivity contribution is 0.518. The van der Waals surface area contributed by atoms with E-state index in [1.54, 1.807) is 0 Å². The van der Waals surface area contributed by atoms with Crippen molar-refractivity contribution in [1.82, 2.24) is 4.98 Å². The summed E-state index contributed by atoms with van der Waals surface area (Å²) in [6.45, 7) is 5.39. The lowest BCUT2D eigenvalue weighted by atomic mass is 9.94. The number of hydrogen-bond donors (Lipinski definition) is 2. The molecule has 1 aromatic rings. The van der Waals surface area contributed by atoms with E-state index in [9.17, 15) is 0 Å². The number of aryl methyl sites for hydroxylation is 2. The van der Waals surface area contributed by atoms with Gasteiger partial charge in [-0.25, -0.2) is 4.98 Å². The van der Waals surface area contributed by atoms with Gasteiger partial charge in [-0.1, -0.05) is 38.9 Å². The highest BCUT2D eigenvalue weighted by Crippen LogP contribution is 2.25. The lowest BCUT2D eigenvalue weighted by Gasteiger charge is -2.20. The molecule has 3 nitrogen and oxygen atoms in total. The number of nitrogens with zero attached hydrogens (tertiary/aromatic N) is 1. The molecule has 0 unspecified atom stereocenters. The third-order valence-corrected chi connectivity index (χ3v) is 4.50. The quantitative estimate of drug-likeness (QED) is 0.788. The Bertz CT molecular complexity index is 481. The van der Waals surface area contributed by atoms with E-state index in [-0.39, 0.29) is 0 Å². The number of thiocarbonyl (C=S) groups is 1. The first kappa shape index (κ1) is 15.2. The van der Waals surface area contributed by atoms with Gasteiger partial charge in [0, 0.05) is 12.2 Å². The van der Waals surface area contributed by atoms with Crippen molar-refractivity contribution in [2.75, 3.05) is 11.9 Å². The van der Waals surface area contributed by atoms with E-state index in [0.29, 0.717) is 10.9 Å². The van der Waals surface area contributed by atoms with E-state index >= 15 is 0 Å². The van der Waals surface area contributed by atoms with Gasteiger partial charge in [0.1, 0.15) is 10.8 Å². The molecule has 0 aliphatic heterocycles. The molecule has 1 aliphatic carbocycles. The fourth-order valence-corrected chi connectivity index (χ4v) is 2.93. The van der Waals surface area contributed by atoms with Gasteiger partial charge in [-0.3, -0.25) is 0 Å². The highest BCUT2D eigenvalue weighted by atomic mass is 32.1. The van der Waals surface area contributed by atoms with E-state index in [1.807, 2.05) is 0 Å². The largest absolute Gasteiger partial charge is 0.389 e. The molecule has 1 aliphatic rings. The van der Waals surface area contributed by atoms with Gasteiger partial charge < -0.3 is 11.1 Å². The van der Waals surface area contributed by atoms with Gasteiger partial charge in [-0.15, -0.1) is 0 Å². The monoisotopic (exact) mass is 291 g/mol. The van der Waals surface area contributed by atoms with Gasteiger partial charge in [0.25, 0.3) is 0 Å². The first-order valence-electron chi connectivity index (χ1n) is 7.72. The van der Waals surface area contributed by atoms with Crippen molar-refractivity contribution in [2.24, 2.45) is 11.7 Å². The molecule has 0 fully saturated rings. The Balaban J connectivity index is 2.23. The molecule has 4 heteroatoms. The van der Waals surface area contributed by atoms with Crippen molar-refractivity contribution in [2.45, 2.75) is 52.4 Å². The van der Waals surface area contributed by atoms with Crippen molar-refractivity contribution in [1.29, 1.82) is 0 Å². The topological polar surface area (TPSA) is 50.9 Å². The minimum atomic E-state index is 0.443. The molecule has 2 rings (SSSR count). The molecule has 0 radical (unpaired) electrons. The van der Waals surface area contributed by atoms with E-state index in [1.165, 1.54) is 36.9 Å². The van der Waals surface area contributed by atoms with Crippen LogP contribution in [-0.2, 0) is 12.8 Å². The fraction of sp³-hybridized carbons (Fsp3) is 0.625. The molecule has 0 bridgehead atoms. The summed E-state index contributed by atoms with van der Waals surface area (Å²) in [5.74, 6) is 1.55. The van der Waals surface area contributed by atoms with Gasteiger partial charge in [-0.2, -0.15) is 0 Å². The molecule has 1 aromatic heterocycles. The molecule has 0 saturated heterocycles. The van der Waals surface area contributed by atoms with Gasteiger partial charge in [0.2, 0.25) is 0 Å². The Morgan fingerprint density at radius 1 is 1.35 bits per heavy atom. The van der Waals surface area contributed by atoms with Gasteiger partial charge >= 0.3 is 0 Å². The summed E-state index contributed by atoms with van der Waals surface area (Å²) in [6.07, 6.45) is 7.01. The number of rotatable bonds is 6. The molecule has 1 heterocycles. The van der Waals surface area contributed by atoms with Crippen molar-refractivity contribution in [3.63, 3.8) is 0 Å². The normalized spacial score (nSPS) is 14.2.